The molecule has 0 atom stereocenters. The molecule has 2 aromatic rings. The molecule has 0 aliphatic carbocycles. The van der Waals surface area contributed by atoms with Crippen LogP contribution in [0.3, 0.4) is 0 Å². The van der Waals surface area contributed by atoms with Crippen LogP contribution in [0.2, 0.25) is 5.02 Å². The van der Waals surface area contributed by atoms with E-state index in [1.165, 1.54) is 22.3 Å². The van der Waals surface area contributed by atoms with Crippen LogP contribution in [0.4, 0.5) is 0 Å². The third-order valence-electron chi connectivity index (χ3n) is 3.38. The maximum absolute atomic E-state index is 5.97. The molecule has 0 N–H and O–H groups in total. The third kappa shape index (κ3) is 3.47. The van der Waals surface area contributed by atoms with Gasteiger partial charge in [-0.05, 0) is 55.7 Å². The van der Waals surface area contributed by atoms with Gasteiger partial charge in [0.25, 0.3) is 0 Å². The zero-order valence-electron chi connectivity index (χ0n) is 12.0. The molecule has 3 heteroatoms. The van der Waals surface area contributed by atoms with Crippen LogP contribution in [0.15, 0.2) is 30.3 Å². The zero-order chi connectivity index (χ0) is 14.7. The molecule has 2 rings (SSSR count). The van der Waals surface area contributed by atoms with Gasteiger partial charge in [0, 0.05) is 10.6 Å². The van der Waals surface area contributed by atoms with Gasteiger partial charge >= 0.3 is 0 Å². The smallest absolute Gasteiger partial charge is 0.124 e. The first-order chi connectivity index (χ1) is 9.51. The average Bonchev–Trinajstić information content (AvgIpc) is 2.38. The van der Waals surface area contributed by atoms with Crippen molar-refractivity contribution in [2.45, 2.75) is 33.3 Å². The van der Waals surface area contributed by atoms with Crippen molar-refractivity contribution in [3.63, 3.8) is 0 Å². The summed E-state index contributed by atoms with van der Waals surface area (Å²) < 4.78 is 5.93. The lowest BCUT2D eigenvalue weighted by Crippen LogP contribution is -2.02. The van der Waals surface area contributed by atoms with E-state index in [4.69, 9.17) is 27.9 Å². The lowest BCUT2D eigenvalue weighted by atomic mass is 10.0. The van der Waals surface area contributed by atoms with E-state index in [2.05, 4.69) is 32.9 Å². The molecule has 0 spiro atoms. The Morgan fingerprint density at radius 3 is 2.25 bits per heavy atom. The largest absolute Gasteiger partial charge is 0.489 e. The van der Waals surface area contributed by atoms with Crippen molar-refractivity contribution in [2.24, 2.45) is 0 Å². The average molecular weight is 309 g/mol. The second-order valence-corrected chi connectivity index (χ2v) is 5.76. The normalized spacial score (nSPS) is 10.7. The maximum Gasteiger partial charge on any atom is 0.124 e. The Morgan fingerprint density at radius 1 is 1.00 bits per heavy atom. The summed E-state index contributed by atoms with van der Waals surface area (Å²) in [5, 5.41) is 0.677. The molecule has 2 aromatic carbocycles. The minimum Gasteiger partial charge on any atom is -0.489 e. The van der Waals surface area contributed by atoms with Gasteiger partial charge in [0.2, 0.25) is 0 Å². The van der Waals surface area contributed by atoms with Crippen molar-refractivity contribution in [2.75, 3.05) is 0 Å². The summed E-state index contributed by atoms with van der Waals surface area (Å²) in [5.74, 6) is 1.19. The standard InChI is InChI=1S/C17H18Cl2O/c1-11-6-12(2)16(13(3)7-11)10-20-17-5-4-15(19)8-14(17)9-18/h4-8H,9-10H2,1-3H3. The first kappa shape index (κ1) is 15.2. The topological polar surface area (TPSA) is 9.23 Å². The Balaban J connectivity index is 2.21. The minimum absolute atomic E-state index is 0.391. The highest BCUT2D eigenvalue weighted by Gasteiger charge is 2.08. The first-order valence-electron chi connectivity index (χ1n) is 6.55. The molecule has 0 heterocycles. The number of hydrogen-bond acceptors (Lipinski definition) is 1. The van der Waals surface area contributed by atoms with Crippen LogP contribution < -0.4 is 4.74 Å². The Morgan fingerprint density at radius 2 is 1.65 bits per heavy atom. The fourth-order valence-corrected chi connectivity index (χ4v) is 2.78. The van der Waals surface area contributed by atoms with Gasteiger partial charge in [-0.3, -0.25) is 0 Å². The van der Waals surface area contributed by atoms with Gasteiger partial charge in [-0.15, -0.1) is 11.6 Å². The van der Waals surface area contributed by atoms with Gasteiger partial charge in [-0.1, -0.05) is 29.3 Å². The Bertz CT molecular complexity index is 597. The third-order valence-corrected chi connectivity index (χ3v) is 3.90. The van der Waals surface area contributed by atoms with Crippen molar-refractivity contribution in [1.82, 2.24) is 0 Å². The van der Waals surface area contributed by atoms with Gasteiger partial charge in [-0.25, -0.2) is 0 Å². The number of rotatable bonds is 4. The highest BCUT2D eigenvalue weighted by atomic mass is 35.5. The van der Waals surface area contributed by atoms with Crippen molar-refractivity contribution >= 4 is 23.2 Å². The molecule has 0 saturated carbocycles. The van der Waals surface area contributed by atoms with Gasteiger partial charge in [0.15, 0.2) is 0 Å². The quantitative estimate of drug-likeness (QED) is 0.670. The van der Waals surface area contributed by atoms with Crippen LogP contribution in [0.25, 0.3) is 0 Å². The SMILES string of the molecule is Cc1cc(C)c(COc2ccc(Cl)cc2CCl)c(C)c1. The number of hydrogen-bond donors (Lipinski definition) is 0. The number of aryl methyl sites for hydroxylation is 3. The Kier molecular flexibility index (Phi) is 4.95. The van der Waals surface area contributed by atoms with Gasteiger partial charge in [0.1, 0.15) is 12.4 Å². The second-order valence-electron chi connectivity index (χ2n) is 5.05. The van der Waals surface area contributed by atoms with Gasteiger partial charge in [-0.2, -0.15) is 0 Å². The van der Waals surface area contributed by atoms with E-state index >= 15 is 0 Å². The van der Waals surface area contributed by atoms with Crippen LogP contribution in [-0.4, -0.2) is 0 Å². The van der Waals surface area contributed by atoms with Crippen LogP contribution in [0.1, 0.15) is 27.8 Å². The highest BCUT2D eigenvalue weighted by Crippen LogP contribution is 2.26. The van der Waals surface area contributed by atoms with E-state index in [0.717, 1.165) is 11.3 Å². The van der Waals surface area contributed by atoms with E-state index in [1.54, 1.807) is 0 Å². The molecule has 0 aliphatic heterocycles. The lowest BCUT2D eigenvalue weighted by molar-refractivity contribution is 0.302. The molecule has 0 unspecified atom stereocenters. The Hall–Kier alpha value is -1.18. The molecular weight excluding hydrogens is 291 g/mol. The molecule has 0 saturated heterocycles. The van der Waals surface area contributed by atoms with Gasteiger partial charge in [0.05, 0.1) is 5.88 Å². The van der Waals surface area contributed by atoms with E-state index in [9.17, 15) is 0 Å². The van der Waals surface area contributed by atoms with E-state index in [0.29, 0.717) is 17.5 Å². The van der Waals surface area contributed by atoms with Crippen molar-refractivity contribution in [3.8, 4) is 5.75 Å². The van der Waals surface area contributed by atoms with Crippen LogP contribution in [0, 0.1) is 20.8 Å². The summed E-state index contributed by atoms with van der Waals surface area (Å²) in [6.45, 7) is 6.88. The van der Waals surface area contributed by atoms with Crippen LogP contribution in [0.5, 0.6) is 5.75 Å². The van der Waals surface area contributed by atoms with Crippen molar-refractivity contribution in [1.29, 1.82) is 0 Å². The van der Waals surface area contributed by atoms with Gasteiger partial charge < -0.3 is 4.74 Å². The van der Waals surface area contributed by atoms with E-state index in [1.807, 2.05) is 18.2 Å². The molecule has 0 aliphatic rings. The molecule has 106 valence electrons. The molecule has 0 fully saturated rings. The summed E-state index contributed by atoms with van der Waals surface area (Å²) in [4.78, 5) is 0. The van der Waals surface area contributed by atoms with E-state index in [-0.39, 0.29) is 0 Å². The lowest BCUT2D eigenvalue weighted by Gasteiger charge is -2.14. The molecule has 1 nitrogen and oxygen atoms in total. The minimum atomic E-state index is 0.391. The maximum atomic E-state index is 5.97. The molecule has 0 bridgehead atoms. The predicted molar refractivity (Wildman–Crippen MR) is 86.0 cm³/mol. The summed E-state index contributed by atoms with van der Waals surface area (Å²) in [7, 11) is 0. The summed E-state index contributed by atoms with van der Waals surface area (Å²) in [6, 6.07) is 9.89. The number of benzene rings is 2. The Labute approximate surface area is 130 Å². The predicted octanol–water partition coefficient (Wildman–Crippen LogP) is 5.58. The summed E-state index contributed by atoms with van der Waals surface area (Å²) in [6.07, 6.45) is 0. The zero-order valence-corrected chi connectivity index (χ0v) is 13.5. The van der Waals surface area contributed by atoms with Crippen molar-refractivity contribution in [3.05, 3.63) is 63.2 Å². The fraction of sp³-hybridized carbons (Fsp3) is 0.294. The number of alkyl halides is 1. The highest BCUT2D eigenvalue weighted by molar-refractivity contribution is 6.30. The summed E-state index contributed by atoms with van der Waals surface area (Å²) in [5.41, 5.74) is 5.93. The number of halogens is 2. The van der Waals surface area contributed by atoms with Crippen LogP contribution in [-0.2, 0) is 12.5 Å². The molecule has 0 amide bonds. The molecule has 0 aromatic heterocycles. The van der Waals surface area contributed by atoms with E-state index < -0.39 is 0 Å². The van der Waals surface area contributed by atoms with Crippen molar-refractivity contribution < 1.29 is 4.74 Å². The molecular formula is C17H18Cl2O. The molecule has 20 heavy (non-hydrogen) atoms. The number of ether oxygens (including phenoxy) is 1. The molecule has 0 radical (unpaired) electrons. The van der Waals surface area contributed by atoms with Crippen LogP contribution >= 0.6 is 23.2 Å². The summed E-state index contributed by atoms with van der Waals surface area (Å²) >= 11 is 11.9. The second kappa shape index (κ2) is 6.51. The fourth-order valence-electron chi connectivity index (χ4n) is 2.38. The monoisotopic (exact) mass is 308 g/mol. The first-order valence-corrected chi connectivity index (χ1v) is 7.46.